The van der Waals surface area contributed by atoms with Crippen molar-refractivity contribution in [2.24, 2.45) is 5.92 Å². The van der Waals surface area contributed by atoms with Gasteiger partial charge in [-0.05, 0) is 24.5 Å². The van der Waals surface area contributed by atoms with Crippen LogP contribution in [0.25, 0.3) is 0 Å². The second kappa shape index (κ2) is 4.04. The number of anilines is 1. The largest absolute Gasteiger partial charge is 0.393 e. The molecule has 1 aliphatic carbocycles. The Balaban J connectivity index is 2.13. The molecule has 17 heavy (non-hydrogen) atoms. The van der Waals surface area contributed by atoms with Gasteiger partial charge in [-0.25, -0.2) is 0 Å². The maximum atomic E-state index is 11.7. The van der Waals surface area contributed by atoms with Crippen LogP contribution in [0.1, 0.15) is 23.7 Å². The first-order chi connectivity index (χ1) is 7.99. The molecular formula is C11H13N3O3. The molecule has 0 radical (unpaired) electrons. The molecule has 1 saturated carbocycles. The Labute approximate surface area is 98.0 Å². The second-order valence-corrected chi connectivity index (χ2v) is 4.32. The molecular weight excluding hydrogens is 222 g/mol. The van der Waals surface area contributed by atoms with Crippen LogP contribution in [0.3, 0.4) is 0 Å². The number of nitrogens with one attached hydrogen (secondary N) is 1. The highest BCUT2D eigenvalue weighted by Crippen LogP contribution is 2.29. The molecule has 90 valence electrons. The molecule has 3 N–H and O–H groups in total. The number of nitro groups is 1. The number of nitro benzene ring substituents is 1. The lowest BCUT2D eigenvalue weighted by Gasteiger charge is -2.04. The summed E-state index contributed by atoms with van der Waals surface area (Å²) in [5.41, 5.74) is 5.69. The van der Waals surface area contributed by atoms with Gasteiger partial charge in [0.25, 0.3) is 11.6 Å². The van der Waals surface area contributed by atoms with Gasteiger partial charge in [-0.3, -0.25) is 14.9 Å². The van der Waals surface area contributed by atoms with E-state index >= 15 is 0 Å². The minimum atomic E-state index is -0.569. The average molecular weight is 235 g/mol. The van der Waals surface area contributed by atoms with Gasteiger partial charge in [0, 0.05) is 17.7 Å². The van der Waals surface area contributed by atoms with Gasteiger partial charge in [-0.15, -0.1) is 0 Å². The van der Waals surface area contributed by atoms with E-state index in [1.165, 1.54) is 18.2 Å². The highest BCUT2D eigenvalue weighted by molar-refractivity contribution is 5.96. The number of nitrogen functional groups attached to an aromatic ring is 1. The monoisotopic (exact) mass is 235 g/mol. The highest BCUT2D eigenvalue weighted by Gasteiger charge is 2.34. The van der Waals surface area contributed by atoms with E-state index in [4.69, 9.17) is 5.73 Å². The maximum absolute atomic E-state index is 11.7. The van der Waals surface area contributed by atoms with Crippen LogP contribution in [0.2, 0.25) is 0 Å². The molecule has 2 unspecified atom stereocenters. The molecule has 1 aliphatic rings. The van der Waals surface area contributed by atoms with Crippen LogP contribution in [0, 0.1) is 16.0 Å². The summed E-state index contributed by atoms with van der Waals surface area (Å²) < 4.78 is 0. The number of benzene rings is 1. The van der Waals surface area contributed by atoms with Crippen LogP contribution in [-0.2, 0) is 0 Å². The number of carbonyl (C=O) groups is 1. The number of carbonyl (C=O) groups excluding carboxylic acids is 1. The molecule has 1 amide bonds. The fourth-order valence-electron chi connectivity index (χ4n) is 1.64. The Morgan fingerprint density at radius 3 is 2.71 bits per heavy atom. The normalized spacial score (nSPS) is 21.9. The minimum Gasteiger partial charge on any atom is -0.393 e. The van der Waals surface area contributed by atoms with Gasteiger partial charge in [0.2, 0.25) is 0 Å². The molecule has 0 heterocycles. The van der Waals surface area contributed by atoms with Crippen LogP contribution < -0.4 is 11.1 Å². The van der Waals surface area contributed by atoms with E-state index in [1.54, 1.807) is 0 Å². The predicted molar refractivity (Wildman–Crippen MR) is 62.5 cm³/mol. The van der Waals surface area contributed by atoms with Gasteiger partial charge < -0.3 is 11.1 Å². The van der Waals surface area contributed by atoms with E-state index in [1.807, 2.05) is 0 Å². The molecule has 6 heteroatoms. The third-order valence-corrected chi connectivity index (χ3v) is 2.91. The lowest BCUT2D eigenvalue weighted by molar-refractivity contribution is -0.383. The molecule has 1 fully saturated rings. The van der Waals surface area contributed by atoms with Crippen molar-refractivity contribution in [2.75, 3.05) is 5.73 Å². The first-order valence-electron chi connectivity index (χ1n) is 5.34. The number of nitrogens with two attached hydrogens (primary N) is 1. The lowest BCUT2D eigenvalue weighted by Crippen LogP contribution is -2.26. The van der Waals surface area contributed by atoms with Crippen molar-refractivity contribution in [2.45, 2.75) is 19.4 Å². The van der Waals surface area contributed by atoms with Gasteiger partial charge in [0.05, 0.1) is 4.92 Å². The summed E-state index contributed by atoms with van der Waals surface area (Å²) in [7, 11) is 0. The fraction of sp³-hybridized carbons (Fsp3) is 0.364. The third kappa shape index (κ3) is 2.35. The summed E-state index contributed by atoms with van der Waals surface area (Å²) in [4.78, 5) is 21.7. The van der Waals surface area contributed by atoms with Crippen molar-refractivity contribution in [1.29, 1.82) is 0 Å². The van der Waals surface area contributed by atoms with Crippen LogP contribution in [0.4, 0.5) is 11.4 Å². The summed E-state index contributed by atoms with van der Waals surface area (Å²) in [5, 5.41) is 13.4. The van der Waals surface area contributed by atoms with Crippen molar-refractivity contribution >= 4 is 17.3 Å². The van der Waals surface area contributed by atoms with E-state index in [0.717, 1.165) is 6.42 Å². The molecule has 1 aromatic carbocycles. The Morgan fingerprint density at radius 1 is 1.59 bits per heavy atom. The lowest BCUT2D eigenvalue weighted by atomic mass is 10.1. The maximum Gasteiger partial charge on any atom is 0.292 e. The molecule has 6 nitrogen and oxygen atoms in total. The molecule has 0 aliphatic heterocycles. The summed E-state index contributed by atoms with van der Waals surface area (Å²) in [6.07, 6.45) is 0.980. The molecule has 1 aromatic rings. The van der Waals surface area contributed by atoms with Gasteiger partial charge in [0.15, 0.2) is 0 Å². The minimum absolute atomic E-state index is 0.00601. The van der Waals surface area contributed by atoms with Crippen LogP contribution >= 0.6 is 0 Å². The Hall–Kier alpha value is -2.11. The van der Waals surface area contributed by atoms with Crippen molar-refractivity contribution in [3.05, 3.63) is 33.9 Å². The number of amides is 1. The van der Waals surface area contributed by atoms with Crippen LogP contribution in [-0.4, -0.2) is 16.9 Å². The van der Waals surface area contributed by atoms with Gasteiger partial charge in [-0.2, -0.15) is 0 Å². The molecule has 0 bridgehead atoms. The van der Waals surface area contributed by atoms with Crippen molar-refractivity contribution < 1.29 is 9.72 Å². The number of nitrogens with zero attached hydrogens (tertiary/aromatic N) is 1. The quantitative estimate of drug-likeness (QED) is 0.469. The van der Waals surface area contributed by atoms with Crippen LogP contribution in [0.15, 0.2) is 18.2 Å². The van der Waals surface area contributed by atoms with Gasteiger partial charge in [0.1, 0.15) is 5.69 Å². The van der Waals surface area contributed by atoms with E-state index in [9.17, 15) is 14.9 Å². The summed E-state index contributed by atoms with van der Waals surface area (Å²) in [5.74, 6) is 0.273. The SMILES string of the molecule is CC1CC1NC(=O)c1ccc([N+](=O)[O-])c(N)c1. The van der Waals surface area contributed by atoms with E-state index in [2.05, 4.69) is 12.2 Å². The van der Waals surface area contributed by atoms with E-state index < -0.39 is 4.92 Å². The summed E-state index contributed by atoms with van der Waals surface area (Å²) in [6, 6.07) is 4.22. The second-order valence-electron chi connectivity index (χ2n) is 4.32. The first-order valence-corrected chi connectivity index (χ1v) is 5.34. The Bertz CT molecular complexity index is 487. The fourth-order valence-corrected chi connectivity index (χ4v) is 1.64. The molecule has 2 rings (SSSR count). The number of hydrogen-bond donors (Lipinski definition) is 2. The van der Waals surface area contributed by atoms with Gasteiger partial charge >= 0.3 is 0 Å². The Kier molecular flexibility index (Phi) is 2.71. The topological polar surface area (TPSA) is 98.3 Å². The van der Waals surface area contributed by atoms with Crippen molar-refractivity contribution in [3.63, 3.8) is 0 Å². The van der Waals surface area contributed by atoms with E-state index in [0.29, 0.717) is 11.5 Å². The van der Waals surface area contributed by atoms with E-state index in [-0.39, 0.29) is 23.3 Å². The van der Waals surface area contributed by atoms with Crippen molar-refractivity contribution in [1.82, 2.24) is 5.32 Å². The highest BCUT2D eigenvalue weighted by atomic mass is 16.6. The summed E-state index contributed by atoms with van der Waals surface area (Å²) in [6.45, 7) is 2.05. The van der Waals surface area contributed by atoms with Crippen molar-refractivity contribution in [3.8, 4) is 0 Å². The predicted octanol–water partition coefficient (Wildman–Crippen LogP) is 1.32. The number of hydrogen-bond acceptors (Lipinski definition) is 4. The first kappa shape index (κ1) is 11.4. The smallest absolute Gasteiger partial charge is 0.292 e. The third-order valence-electron chi connectivity index (χ3n) is 2.91. The molecule has 2 atom stereocenters. The number of rotatable bonds is 3. The average Bonchev–Trinajstić information content (AvgIpc) is 2.93. The molecule has 0 spiro atoms. The molecule has 0 aromatic heterocycles. The zero-order valence-electron chi connectivity index (χ0n) is 9.34. The van der Waals surface area contributed by atoms with Crippen LogP contribution in [0.5, 0.6) is 0 Å². The zero-order valence-corrected chi connectivity index (χ0v) is 9.34. The summed E-state index contributed by atoms with van der Waals surface area (Å²) >= 11 is 0. The zero-order chi connectivity index (χ0) is 12.6. The van der Waals surface area contributed by atoms with Gasteiger partial charge in [-0.1, -0.05) is 6.92 Å². The standard InChI is InChI=1S/C11H13N3O3/c1-6-4-9(6)13-11(15)7-2-3-10(14(16)17)8(12)5-7/h2-3,5-6,9H,4,12H2,1H3,(H,13,15). The molecule has 0 saturated heterocycles. The Morgan fingerprint density at radius 2 is 2.24 bits per heavy atom.